The molecule has 0 heterocycles. The number of aliphatic hydroxyl groups excluding tert-OH is 1. The first-order valence-corrected chi connectivity index (χ1v) is 6.04. The molecule has 0 bridgehead atoms. The number of hydrogen-bond donors (Lipinski definition) is 2. The Morgan fingerprint density at radius 1 is 1.24 bits per heavy atom. The van der Waals surface area contributed by atoms with Crippen LogP contribution in [0, 0.1) is 0 Å². The minimum absolute atomic E-state index is 0.00574. The molecule has 0 aliphatic heterocycles. The van der Waals surface area contributed by atoms with E-state index in [4.69, 9.17) is 4.74 Å². The molecule has 0 fully saturated rings. The van der Waals surface area contributed by atoms with Gasteiger partial charge < -0.3 is 15.2 Å². The van der Waals surface area contributed by atoms with E-state index < -0.39 is 6.10 Å². The summed E-state index contributed by atoms with van der Waals surface area (Å²) in [5.41, 5.74) is 2.05. The highest BCUT2D eigenvalue weighted by Gasteiger charge is 2.19. The van der Waals surface area contributed by atoms with Gasteiger partial charge in [0.15, 0.2) is 0 Å². The van der Waals surface area contributed by atoms with Crippen molar-refractivity contribution in [1.29, 1.82) is 0 Å². The molecule has 0 spiro atoms. The zero-order valence-electron chi connectivity index (χ0n) is 11.3. The summed E-state index contributed by atoms with van der Waals surface area (Å²) in [5, 5.41) is 13.2. The number of hydrogen-bond acceptors (Lipinski definition) is 3. The number of aliphatic hydroxyl groups is 1. The van der Waals surface area contributed by atoms with Gasteiger partial charge in [-0.3, -0.25) is 0 Å². The van der Waals surface area contributed by atoms with Crippen molar-refractivity contribution >= 4 is 0 Å². The third-order valence-electron chi connectivity index (χ3n) is 3.17. The molecule has 2 atom stereocenters. The van der Waals surface area contributed by atoms with Gasteiger partial charge in [-0.15, -0.1) is 0 Å². The zero-order valence-corrected chi connectivity index (χ0v) is 11.3. The van der Waals surface area contributed by atoms with E-state index in [0.717, 1.165) is 11.3 Å². The van der Waals surface area contributed by atoms with Crippen molar-refractivity contribution in [3.8, 4) is 5.75 Å². The van der Waals surface area contributed by atoms with Gasteiger partial charge in [-0.05, 0) is 31.5 Å². The van der Waals surface area contributed by atoms with Crippen LogP contribution in [0.1, 0.15) is 43.9 Å². The standard InChI is InChI=1S/C14H23NO2/c1-9(2)11-6-7-12(13(8-11)17-5)14(16)10(3)15-4/h6-10,14-16H,1-5H3. The van der Waals surface area contributed by atoms with Gasteiger partial charge in [-0.2, -0.15) is 0 Å². The smallest absolute Gasteiger partial charge is 0.125 e. The highest BCUT2D eigenvalue weighted by atomic mass is 16.5. The fourth-order valence-electron chi connectivity index (χ4n) is 1.76. The van der Waals surface area contributed by atoms with Crippen molar-refractivity contribution in [3.05, 3.63) is 29.3 Å². The molecule has 0 aromatic heterocycles. The summed E-state index contributed by atoms with van der Waals surface area (Å²) in [7, 11) is 3.47. The molecule has 1 aromatic carbocycles. The summed E-state index contributed by atoms with van der Waals surface area (Å²) in [6.07, 6.45) is -0.559. The SMILES string of the molecule is CNC(C)C(O)c1ccc(C(C)C)cc1OC. The summed E-state index contributed by atoms with van der Waals surface area (Å²) in [6, 6.07) is 6.00. The molecule has 2 N–H and O–H groups in total. The normalized spacial score (nSPS) is 14.8. The van der Waals surface area contributed by atoms with Crippen LogP contribution in [0.15, 0.2) is 18.2 Å². The predicted octanol–water partition coefficient (Wildman–Crippen LogP) is 2.46. The Morgan fingerprint density at radius 2 is 1.88 bits per heavy atom. The molecule has 1 aromatic rings. The molecule has 17 heavy (non-hydrogen) atoms. The van der Waals surface area contributed by atoms with E-state index in [1.165, 1.54) is 5.56 Å². The molecule has 96 valence electrons. The number of likely N-dealkylation sites (N-methyl/N-ethyl adjacent to an activating group) is 1. The van der Waals surface area contributed by atoms with Crippen LogP contribution in [0.25, 0.3) is 0 Å². The Balaban J connectivity index is 3.08. The van der Waals surface area contributed by atoms with Crippen LogP contribution in [0.4, 0.5) is 0 Å². The van der Waals surface area contributed by atoms with Gasteiger partial charge in [-0.1, -0.05) is 26.0 Å². The number of methoxy groups -OCH3 is 1. The third kappa shape index (κ3) is 3.20. The number of ether oxygens (including phenoxy) is 1. The van der Waals surface area contributed by atoms with Crippen LogP contribution in [-0.2, 0) is 0 Å². The Hall–Kier alpha value is -1.06. The lowest BCUT2D eigenvalue weighted by atomic mass is 9.96. The van der Waals surface area contributed by atoms with E-state index in [0.29, 0.717) is 5.92 Å². The van der Waals surface area contributed by atoms with Crippen molar-refractivity contribution in [3.63, 3.8) is 0 Å². The Kier molecular flexibility index (Phi) is 4.97. The predicted molar refractivity (Wildman–Crippen MR) is 70.6 cm³/mol. The zero-order chi connectivity index (χ0) is 13.0. The fraction of sp³-hybridized carbons (Fsp3) is 0.571. The quantitative estimate of drug-likeness (QED) is 0.826. The van der Waals surface area contributed by atoms with Crippen molar-refractivity contribution in [1.82, 2.24) is 5.32 Å². The molecule has 0 saturated carbocycles. The van der Waals surface area contributed by atoms with Crippen LogP contribution in [0.3, 0.4) is 0 Å². The minimum Gasteiger partial charge on any atom is -0.496 e. The average Bonchev–Trinajstić information content (AvgIpc) is 2.35. The third-order valence-corrected chi connectivity index (χ3v) is 3.17. The van der Waals surface area contributed by atoms with Gasteiger partial charge in [0, 0.05) is 11.6 Å². The molecule has 0 radical (unpaired) electrons. The van der Waals surface area contributed by atoms with Crippen LogP contribution in [-0.4, -0.2) is 25.3 Å². The molecule has 0 saturated heterocycles. The Labute approximate surface area is 104 Å². The maximum Gasteiger partial charge on any atom is 0.125 e. The number of benzene rings is 1. The first-order chi connectivity index (χ1) is 8.01. The summed E-state index contributed by atoms with van der Waals surface area (Å²) in [5.74, 6) is 1.21. The molecule has 0 aliphatic rings. The van der Waals surface area contributed by atoms with E-state index in [1.54, 1.807) is 7.11 Å². The topological polar surface area (TPSA) is 41.5 Å². The van der Waals surface area contributed by atoms with E-state index >= 15 is 0 Å². The van der Waals surface area contributed by atoms with Gasteiger partial charge in [0.1, 0.15) is 5.75 Å². The van der Waals surface area contributed by atoms with E-state index in [9.17, 15) is 5.11 Å². The molecule has 0 aliphatic carbocycles. The molecule has 1 rings (SSSR count). The summed E-state index contributed by atoms with van der Waals surface area (Å²) in [4.78, 5) is 0. The monoisotopic (exact) mass is 237 g/mol. The first-order valence-electron chi connectivity index (χ1n) is 6.04. The van der Waals surface area contributed by atoms with Gasteiger partial charge in [0.2, 0.25) is 0 Å². The number of rotatable bonds is 5. The Morgan fingerprint density at radius 3 is 2.35 bits per heavy atom. The number of nitrogens with one attached hydrogen (secondary N) is 1. The van der Waals surface area contributed by atoms with E-state index in [2.05, 4.69) is 19.2 Å². The first kappa shape index (κ1) is 14.0. The molecular formula is C14H23NO2. The lowest BCUT2D eigenvalue weighted by Gasteiger charge is -2.21. The molecule has 0 amide bonds. The van der Waals surface area contributed by atoms with Crippen LogP contribution < -0.4 is 10.1 Å². The summed E-state index contributed by atoms with van der Waals surface area (Å²) >= 11 is 0. The molecule has 3 nitrogen and oxygen atoms in total. The minimum atomic E-state index is -0.559. The maximum atomic E-state index is 10.2. The van der Waals surface area contributed by atoms with Crippen molar-refractivity contribution in [2.24, 2.45) is 0 Å². The highest BCUT2D eigenvalue weighted by molar-refractivity contribution is 5.40. The van der Waals surface area contributed by atoms with Gasteiger partial charge in [0.25, 0.3) is 0 Å². The molecule has 2 unspecified atom stereocenters. The largest absolute Gasteiger partial charge is 0.496 e. The van der Waals surface area contributed by atoms with Gasteiger partial charge in [-0.25, -0.2) is 0 Å². The fourth-order valence-corrected chi connectivity index (χ4v) is 1.76. The summed E-state index contributed by atoms with van der Waals surface area (Å²) in [6.45, 7) is 6.22. The van der Waals surface area contributed by atoms with Crippen LogP contribution >= 0.6 is 0 Å². The van der Waals surface area contributed by atoms with E-state index in [1.807, 2.05) is 32.2 Å². The lowest BCUT2D eigenvalue weighted by Crippen LogP contribution is -2.29. The van der Waals surface area contributed by atoms with Crippen LogP contribution in [0.2, 0.25) is 0 Å². The maximum absolute atomic E-state index is 10.2. The van der Waals surface area contributed by atoms with Gasteiger partial charge >= 0.3 is 0 Å². The van der Waals surface area contributed by atoms with Gasteiger partial charge in [0.05, 0.1) is 13.2 Å². The van der Waals surface area contributed by atoms with Crippen molar-refractivity contribution in [2.75, 3.05) is 14.2 Å². The average molecular weight is 237 g/mol. The van der Waals surface area contributed by atoms with E-state index in [-0.39, 0.29) is 6.04 Å². The summed E-state index contributed by atoms with van der Waals surface area (Å²) < 4.78 is 5.36. The highest BCUT2D eigenvalue weighted by Crippen LogP contribution is 2.30. The molecular weight excluding hydrogens is 214 g/mol. The lowest BCUT2D eigenvalue weighted by molar-refractivity contribution is 0.136. The van der Waals surface area contributed by atoms with Crippen molar-refractivity contribution < 1.29 is 9.84 Å². The van der Waals surface area contributed by atoms with Crippen LogP contribution in [0.5, 0.6) is 5.75 Å². The second-order valence-corrected chi connectivity index (χ2v) is 4.68. The molecule has 3 heteroatoms. The Bertz CT molecular complexity index is 363. The second kappa shape index (κ2) is 6.03. The van der Waals surface area contributed by atoms with Crippen molar-refractivity contribution in [2.45, 2.75) is 38.8 Å². The second-order valence-electron chi connectivity index (χ2n) is 4.68.